The Morgan fingerprint density at radius 1 is 1.08 bits per heavy atom. The van der Waals surface area contributed by atoms with Crippen LogP contribution in [0.5, 0.6) is 5.75 Å². The smallest absolute Gasteiger partial charge is 0.118 e. The second-order valence-corrected chi connectivity index (χ2v) is 6.98. The fourth-order valence-corrected chi connectivity index (χ4v) is 3.89. The Balaban J connectivity index is 2.78. The van der Waals surface area contributed by atoms with Crippen LogP contribution in [0.3, 0.4) is 0 Å². The first-order valence-electron chi connectivity index (χ1n) is 4.95. The van der Waals surface area contributed by atoms with Gasteiger partial charge in [0.1, 0.15) is 5.75 Å². The monoisotopic (exact) mass is 194 g/mol. The second-order valence-electron chi connectivity index (χ2n) is 3.29. The molecule has 0 aliphatic heterocycles. The Morgan fingerprint density at radius 2 is 1.62 bits per heavy atom. The molecule has 0 saturated carbocycles. The zero-order valence-electron chi connectivity index (χ0n) is 8.71. The van der Waals surface area contributed by atoms with E-state index in [1.807, 2.05) is 0 Å². The average molecular weight is 194 g/mol. The van der Waals surface area contributed by atoms with E-state index in [4.69, 9.17) is 4.74 Å². The van der Waals surface area contributed by atoms with E-state index in [2.05, 4.69) is 38.1 Å². The van der Waals surface area contributed by atoms with E-state index in [0.29, 0.717) is 0 Å². The van der Waals surface area contributed by atoms with E-state index in [1.165, 1.54) is 12.1 Å². The zero-order valence-corrected chi connectivity index (χ0v) is 9.86. The summed E-state index contributed by atoms with van der Waals surface area (Å²) < 4.78 is 5.13. The van der Waals surface area contributed by atoms with Crippen LogP contribution in [0.2, 0.25) is 12.1 Å². The Kier molecular flexibility index (Phi) is 4.03. The van der Waals surface area contributed by atoms with Crippen molar-refractivity contribution in [3.05, 3.63) is 24.3 Å². The maximum Gasteiger partial charge on any atom is 0.118 e. The summed E-state index contributed by atoms with van der Waals surface area (Å²) in [5.41, 5.74) is 0. The van der Waals surface area contributed by atoms with Gasteiger partial charge in [0.15, 0.2) is 0 Å². The number of hydrogen-bond donors (Lipinski definition) is 0. The summed E-state index contributed by atoms with van der Waals surface area (Å²) in [6, 6.07) is 11.3. The van der Waals surface area contributed by atoms with Crippen molar-refractivity contribution in [3.63, 3.8) is 0 Å². The summed E-state index contributed by atoms with van der Waals surface area (Å²) in [6.07, 6.45) is 0. The van der Waals surface area contributed by atoms with Gasteiger partial charge < -0.3 is 4.74 Å². The van der Waals surface area contributed by atoms with Gasteiger partial charge >= 0.3 is 0 Å². The fourth-order valence-electron chi connectivity index (χ4n) is 1.64. The lowest BCUT2D eigenvalue weighted by Gasteiger charge is -2.11. The predicted molar refractivity (Wildman–Crippen MR) is 60.7 cm³/mol. The lowest BCUT2D eigenvalue weighted by Crippen LogP contribution is -2.27. The summed E-state index contributed by atoms with van der Waals surface area (Å²) in [6.45, 7) is 4.59. The van der Waals surface area contributed by atoms with Gasteiger partial charge in [-0.15, -0.1) is 0 Å². The highest BCUT2D eigenvalue weighted by atomic mass is 28.3. The Bertz CT molecular complexity index is 239. The van der Waals surface area contributed by atoms with Crippen molar-refractivity contribution in [2.75, 3.05) is 7.11 Å². The molecule has 1 nitrogen and oxygen atoms in total. The summed E-state index contributed by atoms with van der Waals surface area (Å²) >= 11 is 0. The molecule has 0 unspecified atom stereocenters. The van der Waals surface area contributed by atoms with Crippen LogP contribution in [-0.2, 0) is 0 Å². The molecular formula is C11H18OSi. The summed E-state index contributed by atoms with van der Waals surface area (Å²) in [4.78, 5) is 0. The molecule has 0 aliphatic carbocycles. The van der Waals surface area contributed by atoms with Gasteiger partial charge in [0.05, 0.1) is 15.9 Å². The van der Waals surface area contributed by atoms with Gasteiger partial charge in [0.25, 0.3) is 0 Å². The SMILES string of the molecule is CC[SiH](CC)c1ccc(OC)cc1. The van der Waals surface area contributed by atoms with Gasteiger partial charge in [-0.25, -0.2) is 0 Å². The maximum atomic E-state index is 5.13. The molecule has 2 heteroatoms. The predicted octanol–water partition coefficient (Wildman–Crippen LogP) is 2.17. The second kappa shape index (κ2) is 5.07. The molecule has 0 amide bonds. The largest absolute Gasteiger partial charge is 0.497 e. The number of hydrogen-bond acceptors (Lipinski definition) is 1. The topological polar surface area (TPSA) is 9.23 Å². The minimum atomic E-state index is -0.638. The molecule has 0 spiro atoms. The van der Waals surface area contributed by atoms with Gasteiger partial charge in [-0.05, 0) is 12.1 Å². The maximum absolute atomic E-state index is 5.13. The van der Waals surface area contributed by atoms with Crippen LogP contribution in [0, 0.1) is 0 Å². The third-order valence-corrected chi connectivity index (χ3v) is 5.87. The van der Waals surface area contributed by atoms with Crippen molar-refractivity contribution in [1.82, 2.24) is 0 Å². The first-order chi connectivity index (χ1) is 6.31. The Hall–Kier alpha value is -0.763. The van der Waals surface area contributed by atoms with E-state index in [9.17, 15) is 0 Å². The quantitative estimate of drug-likeness (QED) is 0.668. The molecule has 1 aromatic carbocycles. The first kappa shape index (κ1) is 10.3. The van der Waals surface area contributed by atoms with Crippen molar-refractivity contribution in [3.8, 4) is 5.75 Å². The molecule has 1 rings (SSSR count). The first-order valence-corrected chi connectivity index (χ1v) is 7.16. The lowest BCUT2D eigenvalue weighted by molar-refractivity contribution is 0.415. The average Bonchev–Trinajstić information content (AvgIpc) is 2.21. The van der Waals surface area contributed by atoms with E-state index >= 15 is 0 Å². The van der Waals surface area contributed by atoms with Gasteiger partial charge in [-0.2, -0.15) is 0 Å². The van der Waals surface area contributed by atoms with Crippen molar-refractivity contribution < 1.29 is 4.74 Å². The molecule has 0 aliphatic rings. The molecule has 72 valence electrons. The normalized spacial score (nSPS) is 10.5. The highest BCUT2D eigenvalue weighted by molar-refractivity contribution is 6.73. The van der Waals surface area contributed by atoms with Crippen LogP contribution in [0.15, 0.2) is 24.3 Å². The summed E-state index contributed by atoms with van der Waals surface area (Å²) in [7, 11) is 1.07. The number of rotatable bonds is 4. The van der Waals surface area contributed by atoms with Gasteiger partial charge in [0, 0.05) is 0 Å². The van der Waals surface area contributed by atoms with Crippen LogP contribution < -0.4 is 9.92 Å². The molecule has 0 N–H and O–H groups in total. The molecule has 0 heterocycles. The van der Waals surface area contributed by atoms with Crippen LogP contribution >= 0.6 is 0 Å². The van der Waals surface area contributed by atoms with E-state index in [1.54, 1.807) is 12.3 Å². The van der Waals surface area contributed by atoms with Crippen LogP contribution in [0.1, 0.15) is 13.8 Å². The molecule has 0 radical (unpaired) electrons. The van der Waals surface area contributed by atoms with Gasteiger partial charge in [0.2, 0.25) is 0 Å². The molecular weight excluding hydrogens is 176 g/mol. The fraction of sp³-hybridized carbons (Fsp3) is 0.455. The van der Waals surface area contributed by atoms with Crippen molar-refractivity contribution in [1.29, 1.82) is 0 Å². The summed E-state index contributed by atoms with van der Waals surface area (Å²) in [5.74, 6) is 0.962. The highest BCUT2D eigenvalue weighted by Crippen LogP contribution is 2.08. The highest BCUT2D eigenvalue weighted by Gasteiger charge is 2.07. The number of methoxy groups -OCH3 is 1. The minimum Gasteiger partial charge on any atom is -0.497 e. The van der Waals surface area contributed by atoms with Crippen molar-refractivity contribution in [2.24, 2.45) is 0 Å². The van der Waals surface area contributed by atoms with Crippen molar-refractivity contribution in [2.45, 2.75) is 25.9 Å². The van der Waals surface area contributed by atoms with E-state index in [-0.39, 0.29) is 0 Å². The molecule has 0 bridgehead atoms. The molecule has 0 atom stereocenters. The molecule has 0 aromatic heterocycles. The van der Waals surface area contributed by atoms with Gasteiger partial charge in [-0.3, -0.25) is 0 Å². The Morgan fingerprint density at radius 3 is 2.00 bits per heavy atom. The van der Waals surface area contributed by atoms with Gasteiger partial charge in [-0.1, -0.05) is 43.3 Å². The molecule has 1 aromatic rings. The number of ether oxygens (including phenoxy) is 1. The zero-order chi connectivity index (χ0) is 9.68. The van der Waals surface area contributed by atoms with E-state index in [0.717, 1.165) is 5.75 Å². The van der Waals surface area contributed by atoms with E-state index < -0.39 is 8.80 Å². The molecule has 0 saturated heterocycles. The van der Waals surface area contributed by atoms with Crippen LogP contribution in [-0.4, -0.2) is 15.9 Å². The lowest BCUT2D eigenvalue weighted by atomic mass is 10.3. The van der Waals surface area contributed by atoms with Crippen LogP contribution in [0.25, 0.3) is 0 Å². The molecule has 0 fully saturated rings. The Labute approximate surface area is 82.3 Å². The third kappa shape index (κ3) is 2.59. The third-order valence-electron chi connectivity index (χ3n) is 2.57. The molecule has 13 heavy (non-hydrogen) atoms. The van der Waals surface area contributed by atoms with Crippen LogP contribution in [0.4, 0.5) is 0 Å². The van der Waals surface area contributed by atoms with Crippen molar-refractivity contribution >= 4 is 14.0 Å². The summed E-state index contributed by atoms with van der Waals surface area (Å²) in [5, 5.41) is 1.56. The standard InChI is InChI=1S/C11H18OSi/c1-4-13(5-2)11-8-6-10(12-3)7-9-11/h6-9,13H,4-5H2,1-3H3. The minimum absolute atomic E-state index is 0.638. The number of benzene rings is 1.